The van der Waals surface area contributed by atoms with E-state index >= 15 is 0 Å². The minimum Gasteiger partial charge on any atom is -0.344 e. The van der Waals surface area contributed by atoms with E-state index in [0.29, 0.717) is 17.9 Å². The van der Waals surface area contributed by atoms with Gasteiger partial charge >= 0.3 is 0 Å². The minimum atomic E-state index is -0.392. The molecule has 0 fully saturated rings. The largest absolute Gasteiger partial charge is 0.344 e. The van der Waals surface area contributed by atoms with Crippen LogP contribution in [0.25, 0.3) is 0 Å². The van der Waals surface area contributed by atoms with Gasteiger partial charge in [-0.25, -0.2) is 0 Å². The maximum absolute atomic E-state index is 12.6. The quantitative estimate of drug-likeness (QED) is 0.798. The molecule has 5 nitrogen and oxygen atoms in total. The van der Waals surface area contributed by atoms with Crippen LogP contribution in [-0.4, -0.2) is 15.5 Å². The van der Waals surface area contributed by atoms with Crippen LogP contribution in [0.2, 0.25) is 0 Å². The minimum absolute atomic E-state index is 0.170. The molecule has 0 aliphatic carbocycles. The first kappa shape index (κ1) is 16.6. The van der Waals surface area contributed by atoms with E-state index in [4.69, 9.17) is 0 Å². The number of hydrogen-bond donors (Lipinski definition) is 1. The third-order valence-corrected chi connectivity index (χ3v) is 4.13. The second-order valence-electron chi connectivity index (χ2n) is 5.87. The van der Waals surface area contributed by atoms with Crippen LogP contribution in [0.3, 0.4) is 0 Å². The number of pyridine rings is 2. The Bertz CT molecular complexity index is 948. The Morgan fingerprint density at radius 3 is 2.44 bits per heavy atom. The zero-order chi connectivity index (χ0) is 17.8. The number of carbonyl (C=O) groups is 1. The number of benzene rings is 1. The number of para-hydroxylation sites is 1. The normalized spacial score (nSPS) is 10.5. The summed E-state index contributed by atoms with van der Waals surface area (Å²) in [7, 11) is 0. The maximum atomic E-state index is 12.6. The fourth-order valence-electron chi connectivity index (χ4n) is 2.82. The highest BCUT2D eigenvalue weighted by Crippen LogP contribution is 2.13. The van der Waals surface area contributed by atoms with Gasteiger partial charge in [0, 0.05) is 42.1 Å². The molecule has 0 bridgehead atoms. The molecule has 0 saturated heterocycles. The highest BCUT2D eigenvalue weighted by atomic mass is 16.2. The van der Waals surface area contributed by atoms with Gasteiger partial charge in [-0.05, 0) is 43.7 Å². The van der Waals surface area contributed by atoms with E-state index in [1.807, 2.05) is 41.8 Å². The highest BCUT2D eigenvalue weighted by molar-refractivity contribution is 6.04. The van der Waals surface area contributed by atoms with Gasteiger partial charge in [0.15, 0.2) is 5.43 Å². The van der Waals surface area contributed by atoms with Gasteiger partial charge in [0.25, 0.3) is 5.91 Å². The molecule has 1 amide bonds. The van der Waals surface area contributed by atoms with Crippen LogP contribution >= 0.6 is 0 Å². The molecule has 0 atom stereocenters. The molecule has 25 heavy (non-hydrogen) atoms. The van der Waals surface area contributed by atoms with Gasteiger partial charge < -0.3 is 9.88 Å². The molecule has 2 aromatic heterocycles. The van der Waals surface area contributed by atoms with E-state index in [-0.39, 0.29) is 11.0 Å². The second kappa shape index (κ2) is 7.13. The molecule has 2 heterocycles. The van der Waals surface area contributed by atoms with E-state index in [1.54, 1.807) is 31.5 Å². The fourth-order valence-corrected chi connectivity index (χ4v) is 2.82. The number of anilines is 1. The molecule has 0 radical (unpaired) electrons. The average Bonchev–Trinajstić information content (AvgIpc) is 2.60. The fraction of sp³-hybridized carbons (Fsp3) is 0.150. The third-order valence-electron chi connectivity index (χ3n) is 4.13. The van der Waals surface area contributed by atoms with Gasteiger partial charge in [-0.1, -0.05) is 18.2 Å². The molecule has 5 heteroatoms. The van der Waals surface area contributed by atoms with Gasteiger partial charge in [-0.15, -0.1) is 0 Å². The smallest absolute Gasteiger partial charge is 0.261 e. The molecule has 1 aromatic carbocycles. The molecule has 126 valence electrons. The number of hydrogen-bond acceptors (Lipinski definition) is 3. The molecule has 3 aromatic rings. The Hall–Kier alpha value is -3.21. The molecule has 0 unspecified atom stereocenters. The van der Waals surface area contributed by atoms with E-state index in [1.165, 1.54) is 6.07 Å². The van der Waals surface area contributed by atoms with Crippen LogP contribution in [0.5, 0.6) is 0 Å². The first-order chi connectivity index (χ1) is 12.1. The molecule has 1 N–H and O–H groups in total. The molecule has 3 rings (SSSR count). The number of aryl methyl sites for hydroxylation is 1. The number of amides is 1. The van der Waals surface area contributed by atoms with Crippen LogP contribution in [0, 0.1) is 13.8 Å². The summed E-state index contributed by atoms with van der Waals surface area (Å²) in [5.74, 6) is -0.392. The van der Waals surface area contributed by atoms with Crippen molar-refractivity contribution in [3.8, 4) is 0 Å². The number of carbonyl (C=O) groups excluding carboxylic acids is 1. The topological polar surface area (TPSA) is 64.0 Å². The standard InChI is InChI=1S/C20H19N3O2/c1-14-12-18(24)19(20(25)22-17-6-4-3-5-7-17)15(2)23(14)13-16-8-10-21-11-9-16/h3-12H,13H2,1-2H3,(H,22,25). The van der Waals surface area contributed by atoms with Crippen molar-refractivity contribution >= 4 is 11.6 Å². The average molecular weight is 333 g/mol. The monoisotopic (exact) mass is 333 g/mol. The Labute approximate surface area is 146 Å². The van der Waals surface area contributed by atoms with E-state index in [2.05, 4.69) is 10.3 Å². The van der Waals surface area contributed by atoms with Gasteiger partial charge in [0.2, 0.25) is 0 Å². The van der Waals surface area contributed by atoms with Crippen LogP contribution in [0.1, 0.15) is 27.3 Å². The van der Waals surface area contributed by atoms with E-state index < -0.39 is 5.91 Å². The highest BCUT2D eigenvalue weighted by Gasteiger charge is 2.17. The van der Waals surface area contributed by atoms with Gasteiger partial charge in [-0.3, -0.25) is 14.6 Å². The Kier molecular flexibility index (Phi) is 4.75. The predicted molar refractivity (Wildman–Crippen MR) is 97.9 cm³/mol. The molecule has 0 aliphatic heterocycles. The summed E-state index contributed by atoms with van der Waals surface area (Å²) in [6.07, 6.45) is 3.46. The number of nitrogens with zero attached hydrogens (tertiary/aromatic N) is 2. The van der Waals surface area contributed by atoms with Crippen LogP contribution < -0.4 is 10.7 Å². The summed E-state index contributed by atoms with van der Waals surface area (Å²) in [6.45, 7) is 4.25. The predicted octanol–water partition coefficient (Wildman–Crippen LogP) is 3.16. The lowest BCUT2D eigenvalue weighted by Gasteiger charge is -2.17. The van der Waals surface area contributed by atoms with Crippen molar-refractivity contribution in [2.75, 3.05) is 5.32 Å². The van der Waals surface area contributed by atoms with Crippen LogP contribution in [0.15, 0.2) is 65.7 Å². The number of rotatable bonds is 4. The Morgan fingerprint density at radius 2 is 1.76 bits per heavy atom. The lowest BCUT2D eigenvalue weighted by molar-refractivity contribution is 0.102. The van der Waals surface area contributed by atoms with Crippen molar-refractivity contribution in [3.05, 3.63) is 93.7 Å². The van der Waals surface area contributed by atoms with Crippen molar-refractivity contribution in [1.82, 2.24) is 9.55 Å². The Morgan fingerprint density at radius 1 is 1.08 bits per heavy atom. The molecule has 0 spiro atoms. The summed E-state index contributed by atoms with van der Waals surface area (Å²) in [4.78, 5) is 29.1. The zero-order valence-electron chi connectivity index (χ0n) is 14.2. The van der Waals surface area contributed by atoms with Gasteiger partial charge in [0.1, 0.15) is 5.56 Å². The van der Waals surface area contributed by atoms with Crippen LogP contribution in [-0.2, 0) is 6.54 Å². The summed E-state index contributed by atoms with van der Waals surface area (Å²) >= 11 is 0. The molecular formula is C20H19N3O2. The second-order valence-corrected chi connectivity index (χ2v) is 5.87. The summed E-state index contributed by atoms with van der Waals surface area (Å²) in [5.41, 5.74) is 3.08. The van der Waals surface area contributed by atoms with Crippen LogP contribution in [0.4, 0.5) is 5.69 Å². The Balaban J connectivity index is 1.98. The summed E-state index contributed by atoms with van der Waals surface area (Å²) < 4.78 is 1.97. The van der Waals surface area contributed by atoms with E-state index in [0.717, 1.165) is 11.3 Å². The first-order valence-corrected chi connectivity index (χ1v) is 8.02. The maximum Gasteiger partial charge on any atom is 0.261 e. The lowest BCUT2D eigenvalue weighted by Crippen LogP contribution is -2.27. The van der Waals surface area contributed by atoms with E-state index in [9.17, 15) is 9.59 Å². The first-order valence-electron chi connectivity index (χ1n) is 8.02. The van der Waals surface area contributed by atoms with Crippen molar-refractivity contribution in [2.45, 2.75) is 20.4 Å². The van der Waals surface area contributed by atoms with Crippen molar-refractivity contribution in [2.24, 2.45) is 0 Å². The van der Waals surface area contributed by atoms with Crippen molar-refractivity contribution < 1.29 is 4.79 Å². The van der Waals surface area contributed by atoms with Crippen molar-refractivity contribution in [3.63, 3.8) is 0 Å². The third kappa shape index (κ3) is 3.66. The van der Waals surface area contributed by atoms with Gasteiger partial charge in [0.05, 0.1) is 0 Å². The molecular weight excluding hydrogens is 314 g/mol. The SMILES string of the molecule is Cc1cc(=O)c(C(=O)Nc2ccccc2)c(C)n1Cc1ccncc1. The van der Waals surface area contributed by atoms with Gasteiger partial charge in [-0.2, -0.15) is 0 Å². The zero-order valence-corrected chi connectivity index (χ0v) is 14.2. The molecule has 0 aliphatic rings. The van der Waals surface area contributed by atoms with Crippen molar-refractivity contribution in [1.29, 1.82) is 0 Å². The number of aromatic nitrogens is 2. The summed E-state index contributed by atoms with van der Waals surface area (Å²) in [5, 5.41) is 2.79. The molecule has 0 saturated carbocycles. The summed E-state index contributed by atoms with van der Waals surface area (Å²) in [6, 6.07) is 14.5. The number of nitrogens with one attached hydrogen (secondary N) is 1. The lowest BCUT2D eigenvalue weighted by atomic mass is 10.1.